The first-order chi connectivity index (χ1) is 12.2. The number of para-hydroxylation sites is 1. The number of carbonyl (C=O) groups excluding carboxylic acids is 1. The first-order valence-electron chi connectivity index (χ1n) is 6.99. The van der Waals surface area contributed by atoms with Crippen LogP contribution in [-0.2, 0) is 14.8 Å². The van der Waals surface area contributed by atoms with E-state index in [0.717, 1.165) is 19.2 Å². The van der Waals surface area contributed by atoms with Gasteiger partial charge in [0.2, 0.25) is 0 Å². The van der Waals surface area contributed by atoms with Gasteiger partial charge in [-0.05, 0) is 30.3 Å². The van der Waals surface area contributed by atoms with Crippen LogP contribution >= 0.6 is 0 Å². The van der Waals surface area contributed by atoms with Crippen molar-refractivity contribution in [1.29, 1.82) is 0 Å². The molecule has 0 aliphatic heterocycles. The van der Waals surface area contributed by atoms with E-state index in [9.17, 15) is 22.8 Å². The predicted octanol–water partition coefficient (Wildman–Crippen LogP) is 2.04. The number of hydrogen-bond donors (Lipinski definition) is 2. The van der Waals surface area contributed by atoms with Crippen molar-refractivity contribution in [3.8, 4) is 0 Å². The minimum atomic E-state index is -4.56. The summed E-state index contributed by atoms with van der Waals surface area (Å²) in [6.45, 7) is 0. The van der Waals surface area contributed by atoms with Gasteiger partial charge in [-0.1, -0.05) is 18.2 Å². The monoisotopic (exact) mass is 379 g/mol. The Labute approximate surface area is 148 Å². The van der Waals surface area contributed by atoms with Gasteiger partial charge < -0.3 is 14.9 Å². The van der Waals surface area contributed by atoms with Crippen LogP contribution in [0.15, 0.2) is 53.4 Å². The number of aromatic carboxylic acids is 2. The number of anilines is 1. The molecule has 26 heavy (non-hydrogen) atoms. The highest BCUT2D eigenvalue weighted by atomic mass is 32.2. The predicted molar refractivity (Wildman–Crippen MR) is 88.9 cm³/mol. The van der Waals surface area contributed by atoms with Crippen LogP contribution < -0.4 is 4.31 Å². The molecule has 0 unspecified atom stereocenters. The van der Waals surface area contributed by atoms with Crippen molar-refractivity contribution in [1.82, 2.24) is 0 Å². The van der Waals surface area contributed by atoms with Crippen LogP contribution in [0.4, 0.5) is 10.5 Å². The first kappa shape index (κ1) is 18.9. The van der Waals surface area contributed by atoms with Gasteiger partial charge in [0, 0.05) is 0 Å². The maximum atomic E-state index is 12.9. The van der Waals surface area contributed by atoms with Gasteiger partial charge in [-0.15, -0.1) is 0 Å². The number of sulfonamides is 1. The lowest BCUT2D eigenvalue weighted by Crippen LogP contribution is -2.37. The summed E-state index contributed by atoms with van der Waals surface area (Å²) in [6.07, 6.45) is -1.21. The zero-order chi connectivity index (χ0) is 19.5. The van der Waals surface area contributed by atoms with E-state index in [-0.39, 0.29) is 5.69 Å². The van der Waals surface area contributed by atoms with Gasteiger partial charge in [-0.2, -0.15) is 4.31 Å². The Morgan fingerprint density at radius 3 is 2.00 bits per heavy atom. The van der Waals surface area contributed by atoms with E-state index in [0.29, 0.717) is 10.4 Å². The highest BCUT2D eigenvalue weighted by Crippen LogP contribution is 2.26. The molecule has 0 aliphatic rings. The van der Waals surface area contributed by atoms with Gasteiger partial charge in [0.15, 0.2) is 0 Å². The van der Waals surface area contributed by atoms with Gasteiger partial charge in [-0.3, -0.25) is 0 Å². The molecule has 0 atom stereocenters. The van der Waals surface area contributed by atoms with Gasteiger partial charge in [0.05, 0.1) is 28.8 Å². The summed E-state index contributed by atoms with van der Waals surface area (Å²) in [4.78, 5) is 33.8. The molecule has 2 N–H and O–H groups in total. The standard InChI is InChI=1S/C16H13NO8S/c1-25-16(22)17(10-5-3-2-4-6-10)26(23,24)11-7-8-12(14(18)19)13(9-11)15(20)21/h2-9H,1H3,(H,18,19)(H,20,21). The summed E-state index contributed by atoms with van der Waals surface area (Å²) < 4.78 is 30.6. The van der Waals surface area contributed by atoms with Crippen molar-refractivity contribution in [2.45, 2.75) is 4.90 Å². The van der Waals surface area contributed by atoms with Gasteiger partial charge >= 0.3 is 18.0 Å². The minimum absolute atomic E-state index is 0.0291. The van der Waals surface area contributed by atoms with Crippen molar-refractivity contribution in [2.75, 3.05) is 11.4 Å². The number of hydrogen-bond acceptors (Lipinski definition) is 6. The first-order valence-corrected chi connectivity index (χ1v) is 8.43. The summed E-state index contributed by atoms with van der Waals surface area (Å²) in [7, 11) is -3.57. The van der Waals surface area contributed by atoms with E-state index in [2.05, 4.69) is 4.74 Å². The molecular formula is C16H13NO8S. The maximum Gasteiger partial charge on any atom is 0.428 e. The summed E-state index contributed by atoms with van der Waals surface area (Å²) in [5.41, 5.74) is -1.34. The average molecular weight is 379 g/mol. The topological polar surface area (TPSA) is 138 Å². The lowest BCUT2D eigenvalue weighted by Gasteiger charge is -2.21. The molecule has 0 spiro atoms. The van der Waals surface area contributed by atoms with Crippen LogP contribution in [0.25, 0.3) is 0 Å². The number of amides is 1. The zero-order valence-electron chi connectivity index (χ0n) is 13.3. The van der Waals surface area contributed by atoms with E-state index in [4.69, 9.17) is 10.2 Å². The normalized spacial score (nSPS) is 10.8. The van der Waals surface area contributed by atoms with E-state index in [1.807, 2.05) is 0 Å². The molecular weight excluding hydrogens is 366 g/mol. The molecule has 1 amide bonds. The fourth-order valence-corrected chi connectivity index (χ4v) is 3.53. The van der Waals surface area contributed by atoms with Crippen molar-refractivity contribution in [3.63, 3.8) is 0 Å². The Balaban J connectivity index is 2.67. The third-order valence-corrected chi connectivity index (χ3v) is 5.01. The quantitative estimate of drug-likeness (QED) is 0.805. The van der Waals surface area contributed by atoms with Crippen molar-refractivity contribution < 1.29 is 37.8 Å². The average Bonchev–Trinajstić information content (AvgIpc) is 2.61. The summed E-state index contributed by atoms with van der Waals surface area (Å²) in [5.74, 6) is -3.15. The van der Waals surface area contributed by atoms with Crippen molar-refractivity contribution >= 4 is 33.7 Å². The summed E-state index contributed by atoms with van der Waals surface area (Å²) in [6, 6.07) is 9.73. The van der Waals surface area contributed by atoms with E-state index < -0.39 is 44.1 Å². The molecule has 2 rings (SSSR count). The van der Waals surface area contributed by atoms with Crippen LogP contribution in [0.2, 0.25) is 0 Å². The molecule has 0 aromatic heterocycles. The van der Waals surface area contributed by atoms with Crippen molar-refractivity contribution in [2.24, 2.45) is 0 Å². The molecule has 0 fully saturated rings. The fourth-order valence-electron chi connectivity index (χ4n) is 2.14. The smallest absolute Gasteiger partial charge is 0.428 e. The molecule has 10 heteroatoms. The number of ether oxygens (including phenoxy) is 1. The van der Waals surface area contributed by atoms with Crippen molar-refractivity contribution in [3.05, 3.63) is 59.7 Å². The Morgan fingerprint density at radius 1 is 0.923 bits per heavy atom. The molecule has 2 aromatic rings. The van der Waals surface area contributed by atoms with Gasteiger partial charge in [-0.25, -0.2) is 22.8 Å². The van der Waals surface area contributed by atoms with Crippen LogP contribution in [0.1, 0.15) is 20.7 Å². The van der Waals surface area contributed by atoms with E-state index >= 15 is 0 Å². The number of carboxylic acid groups (broad SMARTS) is 2. The molecule has 0 heterocycles. The van der Waals surface area contributed by atoms with Crippen LogP contribution in [0.3, 0.4) is 0 Å². The molecule has 0 saturated carbocycles. The number of benzene rings is 2. The number of methoxy groups -OCH3 is 1. The zero-order valence-corrected chi connectivity index (χ0v) is 14.1. The molecule has 9 nitrogen and oxygen atoms in total. The highest BCUT2D eigenvalue weighted by Gasteiger charge is 2.33. The Kier molecular flexibility index (Phi) is 5.27. The van der Waals surface area contributed by atoms with Crippen LogP contribution in [-0.4, -0.2) is 43.8 Å². The Morgan fingerprint density at radius 2 is 1.50 bits per heavy atom. The molecule has 0 bridgehead atoms. The van der Waals surface area contributed by atoms with E-state index in [1.54, 1.807) is 6.07 Å². The lowest BCUT2D eigenvalue weighted by atomic mass is 10.1. The summed E-state index contributed by atoms with van der Waals surface area (Å²) >= 11 is 0. The lowest BCUT2D eigenvalue weighted by molar-refractivity contribution is 0.0651. The minimum Gasteiger partial charge on any atom is -0.478 e. The second kappa shape index (κ2) is 7.23. The largest absolute Gasteiger partial charge is 0.478 e. The number of nitrogens with zero attached hydrogens (tertiary/aromatic N) is 1. The second-order valence-corrected chi connectivity index (χ2v) is 6.68. The molecule has 0 aliphatic carbocycles. The molecule has 2 aromatic carbocycles. The summed E-state index contributed by atoms with van der Waals surface area (Å²) in [5, 5.41) is 18.2. The fraction of sp³-hybridized carbons (Fsp3) is 0.0625. The SMILES string of the molecule is COC(=O)N(c1ccccc1)S(=O)(=O)c1ccc(C(=O)O)c(C(=O)O)c1. The number of carbonyl (C=O) groups is 3. The molecule has 0 saturated heterocycles. The third kappa shape index (κ3) is 3.49. The Hall–Kier alpha value is -3.40. The molecule has 0 radical (unpaired) electrons. The molecule has 136 valence electrons. The van der Waals surface area contributed by atoms with Crippen LogP contribution in [0, 0.1) is 0 Å². The number of carboxylic acids is 2. The Bertz CT molecular complexity index is 969. The third-order valence-electron chi connectivity index (χ3n) is 3.32. The van der Waals surface area contributed by atoms with Gasteiger partial charge in [0.1, 0.15) is 0 Å². The second-order valence-electron chi connectivity index (χ2n) is 4.89. The van der Waals surface area contributed by atoms with Gasteiger partial charge in [0.25, 0.3) is 10.0 Å². The van der Waals surface area contributed by atoms with E-state index in [1.165, 1.54) is 24.3 Å². The van der Waals surface area contributed by atoms with Crippen LogP contribution in [0.5, 0.6) is 0 Å². The maximum absolute atomic E-state index is 12.9. The highest BCUT2D eigenvalue weighted by molar-refractivity contribution is 7.93. The number of rotatable bonds is 5.